The number of nitrogens with two attached hydrogens (primary N) is 1. The third kappa shape index (κ3) is 4.65. The molecular weight excluding hydrogens is 482 g/mol. The van der Waals surface area contributed by atoms with E-state index in [0.717, 1.165) is 0 Å². The Morgan fingerprint density at radius 3 is 2.62 bits per heavy atom. The molecule has 0 aromatic heterocycles. The standard InChI is InChI=1S/C25H17Cl2FN2O4/c1-13(32-21-5-3-2-4-20(21)28)25(31)33-15-7-8-16-22(11-15)34-24(30)17(12-29)23(16)14-6-9-18(26)19(27)10-14/h2-11,13,23H,30H2,1H3. The summed E-state index contributed by atoms with van der Waals surface area (Å²) >= 11 is 12.2. The summed E-state index contributed by atoms with van der Waals surface area (Å²) in [5, 5.41) is 10.4. The van der Waals surface area contributed by atoms with Crippen molar-refractivity contribution in [3.05, 3.63) is 99.1 Å². The monoisotopic (exact) mass is 498 g/mol. The minimum absolute atomic E-state index is 0.0628. The number of benzene rings is 3. The lowest BCUT2D eigenvalue weighted by Gasteiger charge is -2.27. The molecule has 4 rings (SSSR count). The zero-order valence-corrected chi connectivity index (χ0v) is 19.2. The van der Waals surface area contributed by atoms with Gasteiger partial charge in [0.25, 0.3) is 0 Å². The van der Waals surface area contributed by atoms with Crippen molar-refractivity contribution in [1.82, 2.24) is 0 Å². The van der Waals surface area contributed by atoms with Gasteiger partial charge < -0.3 is 19.9 Å². The van der Waals surface area contributed by atoms with Gasteiger partial charge >= 0.3 is 5.97 Å². The van der Waals surface area contributed by atoms with Gasteiger partial charge in [0.15, 0.2) is 17.7 Å². The molecule has 0 spiro atoms. The Hall–Kier alpha value is -3.73. The van der Waals surface area contributed by atoms with Crippen LogP contribution in [-0.4, -0.2) is 12.1 Å². The van der Waals surface area contributed by atoms with E-state index in [1.165, 1.54) is 31.2 Å². The second-order valence-electron chi connectivity index (χ2n) is 7.41. The van der Waals surface area contributed by atoms with Crippen molar-refractivity contribution < 1.29 is 23.4 Å². The largest absolute Gasteiger partial charge is 0.476 e. The summed E-state index contributed by atoms with van der Waals surface area (Å²) in [4.78, 5) is 12.5. The van der Waals surface area contributed by atoms with Gasteiger partial charge in [0.2, 0.25) is 5.88 Å². The Morgan fingerprint density at radius 1 is 1.15 bits per heavy atom. The number of hydrogen-bond donors (Lipinski definition) is 1. The molecule has 3 aromatic carbocycles. The van der Waals surface area contributed by atoms with Gasteiger partial charge in [-0.2, -0.15) is 5.26 Å². The van der Waals surface area contributed by atoms with Gasteiger partial charge in [0.05, 0.1) is 16.0 Å². The molecule has 34 heavy (non-hydrogen) atoms. The van der Waals surface area contributed by atoms with Gasteiger partial charge in [-0.3, -0.25) is 0 Å². The summed E-state index contributed by atoms with van der Waals surface area (Å²) < 4.78 is 30.2. The number of carbonyl (C=O) groups is 1. The van der Waals surface area contributed by atoms with Gasteiger partial charge in [-0.1, -0.05) is 47.5 Å². The summed E-state index contributed by atoms with van der Waals surface area (Å²) in [6.45, 7) is 1.45. The van der Waals surface area contributed by atoms with Gasteiger partial charge in [0, 0.05) is 11.6 Å². The van der Waals surface area contributed by atoms with Crippen LogP contribution in [0, 0.1) is 17.1 Å². The number of allylic oxidation sites excluding steroid dienone is 1. The zero-order valence-electron chi connectivity index (χ0n) is 17.7. The third-order valence-corrected chi connectivity index (χ3v) is 5.90. The van der Waals surface area contributed by atoms with E-state index in [4.69, 9.17) is 43.1 Å². The van der Waals surface area contributed by atoms with Crippen molar-refractivity contribution in [2.75, 3.05) is 0 Å². The SMILES string of the molecule is CC(Oc1ccccc1F)C(=O)Oc1ccc2c(c1)OC(N)=C(C#N)C2c1ccc(Cl)c(Cl)c1. The Bertz CT molecular complexity index is 1350. The second kappa shape index (κ2) is 9.64. The highest BCUT2D eigenvalue weighted by Gasteiger charge is 2.31. The normalized spacial score (nSPS) is 15.6. The number of fused-ring (bicyclic) bond motifs is 1. The molecule has 9 heteroatoms. The van der Waals surface area contributed by atoms with E-state index >= 15 is 0 Å². The quantitative estimate of drug-likeness (QED) is 0.356. The highest BCUT2D eigenvalue weighted by atomic mass is 35.5. The number of rotatable bonds is 5. The lowest BCUT2D eigenvalue weighted by molar-refractivity contribution is -0.141. The first-order chi connectivity index (χ1) is 16.3. The van der Waals surface area contributed by atoms with E-state index in [-0.39, 0.29) is 23.0 Å². The molecule has 0 aliphatic carbocycles. The molecule has 1 aliphatic heterocycles. The smallest absolute Gasteiger partial charge is 0.352 e. The zero-order chi connectivity index (χ0) is 24.4. The Kier molecular flexibility index (Phi) is 6.64. The highest BCUT2D eigenvalue weighted by molar-refractivity contribution is 6.42. The van der Waals surface area contributed by atoms with Crippen molar-refractivity contribution in [1.29, 1.82) is 5.26 Å². The molecule has 6 nitrogen and oxygen atoms in total. The summed E-state index contributed by atoms with van der Waals surface area (Å²) in [6, 6.07) is 17.6. The van der Waals surface area contributed by atoms with Crippen LogP contribution in [0.5, 0.6) is 17.2 Å². The predicted octanol–water partition coefficient (Wildman–Crippen LogP) is 5.72. The minimum atomic E-state index is -1.08. The summed E-state index contributed by atoms with van der Waals surface area (Å²) in [7, 11) is 0. The highest BCUT2D eigenvalue weighted by Crippen LogP contribution is 2.44. The fourth-order valence-corrected chi connectivity index (χ4v) is 3.82. The number of nitriles is 1. The maximum atomic E-state index is 13.8. The first kappa shape index (κ1) is 23.4. The summed E-state index contributed by atoms with van der Waals surface area (Å²) in [5.41, 5.74) is 7.54. The van der Waals surface area contributed by atoms with E-state index in [2.05, 4.69) is 6.07 Å². The van der Waals surface area contributed by atoms with Crippen LogP contribution >= 0.6 is 23.2 Å². The molecule has 1 heterocycles. The molecule has 0 bridgehead atoms. The molecule has 0 fully saturated rings. The van der Waals surface area contributed by atoms with E-state index in [1.807, 2.05) is 0 Å². The average molecular weight is 499 g/mol. The van der Waals surface area contributed by atoms with Crippen LogP contribution in [0.3, 0.4) is 0 Å². The van der Waals surface area contributed by atoms with Crippen LogP contribution in [0.1, 0.15) is 24.0 Å². The van der Waals surface area contributed by atoms with Crippen molar-refractivity contribution in [3.63, 3.8) is 0 Å². The number of para-hydroxylation sites is 1. The number of nitrogens with zero attached hydrogens (tertiary/aromatic N) is 1. The van der Waals surface area contributed by atoms with Crippen LogP contribution < -0.4 is 19.9 Å². The first-order valence-electron chi connectivity index (χ1n) is 10.1. The number of ether oxygens (including phenoxy) is 3. The van der Waals surface area contributed by atoms with Crippen LogP contribution in [0.25, 0.3) is 0 Å². The Morgan fingerprint density at radius 2 is 1.91 bits per heavy atom. The van der Waals surface area contributed by atoms with Gasteiger partial charge in [0.1, 0.15) is 23.1 Å². The van der Waals surface area contributed by atoms with E-state index in [1.54, 1.807) is 36.4 Å². The molecule has 0 saturated carbocycles. The molecule has 0 radical (unpaired) electrons. The Balaban J connectivity index is 1.60. The fraction of sp³-hybridized carbons (Fsp3) is 0.120. The number of carbonyl (C=O) groups excluding carboxylic acids is 1. The average Bonchev–Trinajstić information content (AvgIpc) is 2.81. The van der Waals surface area contributed by atoms with Crippen molar-refractivity contribution in [2.45, 2.75) is 18.9 Å². The predicted molar refractivity (Wildman–Crippen MR) is 124 cm³/mol. The van der Waals surface area contributed by atoms with Gasteiger partial charge in [-0.15, -0.1) is 0 Å². The first-order valence-corrected chi connectivity index (χ1v) is 10.8. The maximum absolute atomic E-state index is 13.8. The van der Waals surface area contributed by atoms with Gasteiger partial charge in [-0.05, 0) is 42.8 Å². The molecule has 2 unspecified atom stereocenters. The molecule has 0 saturated heterocycles. The fourth-order valence-electron chi connectivity index (χ4n) is 3.51. The minimum Gasteiger partial charge on any atom is -0.476 e. The second-order valence-corrected chi connectivity index (χ2v) is 8.22. The molecule has 172 valence electrons. The molecule has 2 atom stereocenters. The number of esters is 1. The maximum Gasteiger partial charge on any atom is 0.352 e. The molecule has 2 N–H and O–H groups in total. The Labute approximate surface area is 204 Å². The summed E-state index contributed by atoms with van der Waals surface area (Å²) in [6.07, 6.45) is -1.08. The molecule has 1 aliphatic rings. The number of hydrogen-bond acceptors (Lipinski definition) is 6. The molecule has 0 amide bonds. The van der Waals surface area contributed by atoms with Crippen LogP contribution in [0.2, 0.25) is 10.0 Å². The lowest BCUT2D eigenvalue weighted by Crippen LogP contribution is -2.29. The topological polar surface area (TPSA) is 94.6 Å². The molecule has 3 aromatic rings. The van der Waals surface area contributed by atoms with E-state index in [9.17, 15) is 14.4 Å². The van der Waals surface area contributed by atoms with Crippen LogP contribution in [0.15, 0.2) is 72.1 Å². The van der Waals surface area contributed by atoms with Gasteiger partial charge in [-0.25, -0.2) is 9.18 Å². The number of halogens is 3. The van der Waals surface area contributed by atoms with E-state index in [0.29, 0.717) is 26.9 Å². The van der Waals surface area contributed by atoms with Crippen molar-refractivity contribution in [2.24, 2.45) is 5.73 Å². The van der Waals surface area contributed by atoms with Crippen LogP contribution in [-0.2, 0) is 4.79 Å². The third-order valence-electron chi connectivity index (χ3n) is 5.16. The van der Waals surface area contributed by atoms with Crippen molar-refractivity contribution >= 4 is 29.2 Å². The van der Waals surface area contributed by atoms with E-state index < -0.39 is 23.8 Å². The lowest BCUT2D eigenvalue weighted by atomic mass is 9.83. The summed E-state index contributed by atoms with van der Waals surface area (Å²) in [5.74, 6) is -1.56. The molecular formula is C25H17Cl2FN2O4. The van der Waals surface area contributed by atoms with Crippen molar-refractivity contribution in [3.8, 4) is 23.3 Å². The van der Waals surface area contributed by atoms with Crippen LogP contribution in [0.4, 0.5) is 4.39 Å².